The quantitative estimate of drug-likeness (QED) is 0.338. The summed E-state index contributed by atoms with van der Waals surface area (Å²) in [7, 11) is 0. The second kappa shape index (κ2) is 6.04. The molecular formula is C12H17BrFN3O. The lowest BCUT2D eigenvalue weighted by Crippen LogP contribution is -2.33. The minimum Gasteiger partial charge on any atom is -0.409 e. The van der Waals surface area contributed by atoms with Crippen molar-refractivity contribution >= 4 is 27.5 Å². The van der Waals surface area contributed by atoms with Crippen LogP contribution in [-0.4, -0.2) is 17.6 Å². The fourth-order valence-corrected chi connectivity index (χ4v) is 1.77. The summed E-state index contributed by atoms with van der Waals surface area (Å²) in [6.07, 6.45) is 0.692. The van der Waals surface area contributed by atoms with Gasteiger partial charge in [0, 0.05) is 17.6 Å². The Morgan fingerprint density at radius 2 is 2.22 bits per heavy atom. The Labute approximate surface area is 114 Å². The van der Waals surface area contributed by atoms with Crippen molar-refractivity contribution in [2.45, 2.75) is 20.3 Å². The first-order chi connectivity index (χ1) is 8.36. The zero-order valence-electron chi connectivity index (χ0n) is 10.4. The molecule has 4 N–H and O–H groups in total. The molecule has 1 aromatic carbocycles. The lowest BCUT2D eigenvalue weighted by molar-refractivity contribution is 0.306. The molecule has 18 heavy (non-hydrogen) atoms. The van der Waals surface area contributed by atoms with E-state index in [0.717, 1.165) is 5.69 Å². The van der Waals surface area contributed by atoms with Crippen molar-refractivity contribution in [2.75, 3.05) is 11.9 Å². The third-order valence-electron chi connectivity index (χ3n) is 2.80. The predicted molar refractivity (Wildman–Crippen MR) is 74.4 cm³/mol. The van der Waals surface area contributed by atoms with Crippen molar-refractivity contribution < 1.29 is 9.60 Å². The number of rotatable bonds is 5. The van der Waals surface area contributed by atoms with Crippen LogP contribution in [0.2, 0.25) is 0 Å². The minimum absolute atomic E-state index is 0.199. The van der Waals surface area contributed by atoms with Crippen molar-refractivity contribution in [2.24, 2.45) is 16.3 Å². The first-order valence-corrected chi connectivity index (χ1v) is 6.33. The van der Waals surface area contributed by atoms with Crippen molar-refractivity contribution in [1.82, 2.24) is 0 Å². The molecule has 0 unspecified atom stereocenters. The number of hydrogen-bond donors (Lipinski definition) is 3. The molecule has 0 atom stereocenters. The van der Waals surface area contributed by atoms with Gasteiger partial charge in [-0.05, 0) is 40.5 Å². The molecule has 0 spiro atoms. The highest BCUT2D eigenvalue weighted by molar-refractivity contribution is 9.10. The first kappa shape index (κ1) is 14.8. The smallest absolute Gasteiger partial charge is 0.144 e. The number of oxime groups is 1. The highest BCUT2D eigenvalue weighted by Gasteiger charge is 2.22. The summed E-state index contributed by atoms with van der Waals surface area (Å²) in [4.78, 5) is 0. The number of nitrogens with two attached hydrogens (primary N) is 1. The second-order valence-corrected chi connectivity index (χ2v) is 5.53. The molecule has 100 valence electrons. The molecule has 1 aromatic rings. The molecule has 0 amide bonds. The largest absolute Gasteiger partial charge is 0.409 e. The van der Waals surface area contributed by atoms with Crippen molar-refractivity contribution in [3.8, 4) is 0 Å². The van der Waals surface area contributed by atoms with Crippen LogP contribution in [0.1, 0.15) is 20.3 Å². The Balaban J connectivity index is 2.54. The zero-order valence-corrected chi connectivity index (χ0v) is 12.0. The van der Waals surface area contributed by atoms with Crippen molar-refractivity contribution in [3.05, 3.63) is 28.5 Å². The normalized spacial score (nSPS) is 12.6. The van der Waals surface area contributed by atoms with Crippen molar-refractivity contribution in [1.29, 1.82) is 0 Å². The molecule has 0 aliphatic carbocycles. The Bertz CT molecular complexity index is 449. The van der Waals surface area contributed by atoms with Gasteiger partial charge in [-0.15, -0.1) is 0 Å². The molecule has 0 heterocycles. The van der Waals surface area contributed by atoms with Crippen LogP contribution in [0.3, 0.4) is 0 Å². The minimum atomic E-state index is -0.390. The number of amidine groups is 1. The Morgan fingerprint density at radius 3 is 2.78 bits per heavy atom. The average molecular weight is 318 g/mol. The van der Waals surface area contributed by atoms with Crippen LogP contribution in [0.15, 0.2) is 27.8 Å². The number of hydrogen-bond acceptors (Lipinski definition) is 3. The Hall–Kier alpha value is -1.30. The van der Waals surface area contributed by atoms with E-state index in [0.29, 0.717) is 17.4 Å². The van der Waals surface area contributed by atoms with Crippen LogP contribution in [0.5, 0.6) is 0 Å². The van der Waals surface area contributed by atoms with Crippen LogP contribution in [0, 0.1) is 11.2 Å². The van der Waals surface area contributed by atoms with Gasteiger partial charge < -0.3 is 16.3 Å². The summed E-state index contributed by atoms with van der Waals surface area (Å²) >= 11 is 3.12. The number of halogens is 2. The van der Waals surface area contributed by atoms with E-state index in [1.807, 2.05) is 13.8 Å². The maximum absolute atomic E-state index is 13.0. The van der Waals surface area contributed by atoms with Crippen LogP contribution in [0.4, 0.5) is 10.1 Å². The van der Waals surface area contributed by atoms with Gasteiger partial charge in [-0.2, -0.15) is 0 Å². The number of anilines is 1. The monoisotopic (exact) mass is 317 g/mol. The Kier molecular flexibility index (Phi) is 4.95. The number of benzene rings is 1. The van der Waals surface area contributed by atoms with Crippen molar-refractivity contribution in [3.63, 3.8) is 0 Å². The number of nitrogens with zero attached hydrogens (tertiary/aromatic N) is 1. The van der Waals surface area contributed by atoms with Gasteiger partial charge in [0.05, 0.1) is 4.47 Å². The molecule has 0 bridgehead atoms. The van der Waals surface area contributed by atoms with Gasteiger partial charge in [0.2, 0.25) is 0 Å². The fourth-order valence-electron chi connectivity index (χ4n) is 1.39. The molecule has 0 aliphatic heterocycles. The summed E-state index contributed by atoms with van der Waals surface area (Å²) in [6.45, 7) is 4.43. The van der Waals surface area contributed by atoms with Gasteiger partial charge in [0.25, 0.3) is 0 Å². The molecule has 0 radical (unpaired) electrons. The van der Waals surface area contributed by atoms with Gasteiger partial charge >= 0.3 is 0 Å². The molecule has 0 aromatic heterocycles. The lowest BCUT2D eigenvalue weighted by Gasteiger charge is -2.23. The number of nitrogens with one attached hydrogen (secondary N) is 1. The van der Waals surface area contributed by atoms with Gasteiger partial charge in [0.15, 0.2) is 0 Å². The van der Waals surface area contributed by atoms with Gasteiger partial charge in [-0.3, -0.25) is 0 Å². The molecule has 0 fully saturated rings. The molecule has 1 rings (SSSR count). The lowest BCUT2D eigenvalue weighted by atomic mass is 9.88. The predicted octanol–water partition coefficient (Wildman–Crippen LogP) is 3.16. The van der Waals surface area contributed by atoms with E-state index in [4.69, 9.17) is 10.9 Å². The molecule has 0 saturated heterocycles. The highest BCUT2D eigenvalue weighted by Crippen LogP contribution is 2.22. The van der Waals surface area contributed by atoms with Crippen LogP contribution < -0.4 is 11.1 Å². The summed E-state index contributed by atoms with van der Waals surface area (Å²) in [6, 6.07) is 4.73. The van der Waals surface area contributed by atoms with E-state index >= 15 is 0 Å². The molecular weight excluding hydrogens is 301 g/mol. The van der Waals surface area contributed by atoms with E-state index in [1.165, 1.54) is 6.07 Å². The summed E-state index contributed by atoms with van der Waals surface area (Å²) in [5, 5.41) is 14.8. The molecule has 6 heteroatoms. The van der Waals surface area contributed by atoms with Crippen LogP contribution >= 0.6 is 15.9 Å². The van der Waals surface area contributed by atoms with E-state index in [9.17, 15) is 4.39 Å². The average Bonchev–Trinajstić information content (AvgIpc) is 2.32. The maximum Gasteiger partial charge on any atom is 0.144 e. The zero-order chi connectivity index (χ0) is 13.8. The van der Waals surface area contributed by atoms with E-state index in [2.05, 4.69) is 26.4 Å². The van der Waals surface area contributed by atoms with E-state index in [-0.39, 0.29) is 17.1 Å². The SMILES string of the molecule is CC(C)(CCNc1ccc(F)c(Br)c1)/C(N)=N/O. The highest BCUT2D eigenvalue weighted by atomic mass is 79.9. The second-order valence-electron chi connectivity index (χ2n) is 4.67. The Morgan fingerprint density at radius 1 is 1.56 bits per heavy atom. The molecule has 4 nitrogen and oxygen atoms in total. The summed E-state index contributed by atoms with van der Waals surface area (Å²) in [5.41, 5.74) is 6.02. The van der Waals surface area contributed by atoms with Gasteiger partial charge in [0.1, 0.15) is 11.7 Å². The maximum atomic E-state index is 13.0. The summed E-state index contributed by atoms with van der Waals surface area (Å²) in [5.74, 6) is -0.0953. The molecule has 0 saturated carbocycles. The first-order valence-electron chi connectivity index (χ1n) is 5.54. The fraction of sp³-hybridized carbons (Fsp3) is 0.417. The summed E-state index contributed by atoms with van der Waals surface area (Å²) < 4.78 is 13.4. The van der Waals surface area contributed by atoms with Crippen LogP contribution in [-0.2, 0) is 0 Å². The third kappa shape index (κ3) is 3.87. The van der Waals surface area contributed by atoms with E-state index in [1.54, 1.807) is 12.1 Å². The standard InChI is InChI=1S/C12H17BrFN3O/c1-12(2,11(15)17-18)5-6-16-8-3-4-10(14)9(13)7-8/h3-4,7,16,18H,5-6H2,1-2H3,(H2,15,17). The third-order valence-corrected chi connectivity index (χ3v) is 3.41. The van der Waals surface area contributed by atoms with Crippen LogP contribution in [0.25, 0.3) is 0 Å². The topological polar surface area (TPSA) is 70.6 Å². The van der Waals surface area contributed by atoms with Gasteiger partial charge in [-0.1, -0.05) is 19.0 Å². The molecule has 0 aliphatic rings. The van der Waals surface area contributed by atoms with E-state index < -0.39 is 0 Å². The van der Waals surface area contributed by atoms with Gasteiger partial charge in [-0.25, -0.2) is 4.39 Å².